The van der Waals surface area contributed by atoms with Gasteiger partial charge in [-0.15, -0.1) is 0 Å². The van der Waals surface area contributed by atoms with Gasteiger partial charge in [0.2, 0.25) is 0 Å². The second kappa shape index (κ2) is 6.85. The molecule has 1 saturated heterocycles. The Bertz CT molecular complexity index is 238. The zero-order valence-corrected chi connectivity index (χ0v) is 11.4. The third-order valence-corrected chi connectivity index (χ3v) is 4.72. The lowest BCUT2D eigenvalue weighted by Gasteiger charge is -2.45. The summed E-state index contributed by atoms with van der Waals surface area (Å²) in [5.74, 6) is 0. The van der Waals surface area contributed by atoms with Crippen LogP contribution in [0.5, 0.6) is 0 Å². The van der Waals surface area contributed by atoms with Crippen LogP contribution in [0.4, 0.5) is 0 Å². The summed E-state index contributed by atoms with van der Waals surface area (Å²) in [6.45, 7) is 4.88. The molecule has 0 atom stereocenters. The molecule has 1 heterocycles. The Balaban J connectivity index is 1.91. The summed E-state index contributed by atoms with van der Waals surface area (Å²) >= 11 is 0. The molecular formula is C14H28N2O2. The molecule has 0 aromatic heterocycles. The summed E-state index contributed by atoms with van der Waals surface area (Å²) in [7, 11) is 0. The van der Waals surface area contributed by atoms with Crippen LogP contribution in [0.25, 0.3) is 0 Å². The molecule has 0 aromatic rings. The lowest BCUT2D eigenvalue weighted by Crippen LogP contribution is -2.51. The van der Waals surface area contributed by atoms with Crippen LogP contribution in [0.3, 0.4) is 0 Å². The fraction of sp³-hybridized carbons (Fsp3) is 1.00. The first kappa shape index (κ1) is 14.3. The first-order valence-electron chi connectivity index (χ1n) is 7.42. The highest BCUT2D eigenvalue weighted by Gasteiger charge is 2.36. The van der Waals surface area contributed by atoms with Crippen LogP contribution < -0.4 is 5.73 Å². The fourth-order valence-corrected chi connectivity index (χ4v) is 3.08. The van der Waals surface area contributed by atoms with Crippen LogP contribution in [0.2, 0.25) is 0 Å². The molecule has 4 nitrogen and oxygen atoms in total. The molecule has 1 aliphatic carbocycles. The molecule has 2 fully saturated rings. The van der Waals surface area contributed by atoms with Crippen molar-refractivity contribution in [3.63, 3.8) is 0 Å². The van der Waals surface area contributed by atoms with Gasteiger partial charge in [-0.1, -0.05) is 6.42 Å². The summed E-state index contributed by atoms with van der Waals surface area (Å²) in [4.78, 5) is 2.58. The molecule has 1 saturated carbocycles. The molecule has 1 aliphatic heterocycles. The maximum absolute atomic E-state index is 9.04. The minimum absolute atomic E-state index is 0.253. The average Bonchev–Trinajstić information content (AvgIpc) is 2.35. The quantitative estimate of drug-likeness (QED) is 0.713. The van der Waals surface area contributed by atoms with Gasteiger partial charge in [0.1, 0.15) is 0 Å². The van der Waals surface area contributed by atoms with Crippen molar-refractivity contribution in [3.8, 4) is 0 Å². The van der Waals surface area contributed by atoms with Crippen molar-refractivity contribution < 1.29 is 9.84 Å². The van der Waals surface area contributed by atoms with E-state index in [1.54, 1.807) is 0 Å². The van der Waals surface area contributed by atoms with E-state index in [2.05, 4.69) is 4.90 Å². The van der Waals surface area contributed by atoms with E-state index in [1.807, 2.05) is 0 Å². The number of rotatable bonds is 7. The molecule has 0 bridgehead atoms. The number of ether oxygens (including phenoxy) is 1. The fourth-order valence-electron chi connectivity index (χ4n) is 3.08. The largest absolute Gasteiger partial charge is 0.396 e. The van der Waals surface area contributed by atoms with Gasteiger partial charge in [-0.05, 0) is 44.1 Å². The number of nitrogens with two attached hydrogens (primary N) is 1. The first-order valence-corrected chi connectivity index (χ1v) is 7.42. The van der Waals surface area contributed by atoms with Gasteiger partial charge in [0.25, 0.3) is 0 Å². The maximum atomic E-state index is 9.04. The van der Waals surface area contributed by atoms with Crippen molar-refractivity contribution in [2.45, 2.75) is 44.6 Å². The zero-order chi connectivity index (χ0) is 12.8. The Morgan fingerprint density at radius 1 is 1.28 bits per heavy atom. The molecule has 0 spiro atoms. The van der Waals surface area contributed by atoms with Crippen LogP contribution in [0, 0.1) is 5.41 Å². The van der Waals surface area contributed by atoms with Gasteiger partial charge >= 0.3 is 0 Å². The van der Waals surface area contributed by atoms with Crippen LogP contribution in [0.1, 0.15) is 38.5 Å². The van der Waals surface area contributed by atoms with Crippen LogP contribution in [0.15, 0.2) is 0 Å². The van der Waals surface area contributed by atoms with Gasteiger partial charge in [-0.25, -0.2) is 0 Å². The van der Waals surface area contributed by atoms with E-state index >= 15 is 0 Å². The average molecular weight is 256 g/mol. The predicted octanol–water partition coefficient (Wildman–Crippen LogP) is 0.979. The van der Waals surface area contributed by atoms with E-state index in [0.29, 0.717) is 6.61 Å². The third-order valence-electron chi connectivity index (χ3n) is 4.72. The second-order valence-corrected chi connectivity index (χ2v) is 5.95. The summed E-state index contributed by atoms with van der Waals surface area (Å²) in [5.41, 5.74) is 6.30. The maximum Gasteiger partial charge on any atom is 0.0472 e. The SMILES string of the molecule is NCC1(CN(CCCO)C2CCC2)CCOCC1. The summed E-state index contributed by atoms with van der Waals surface area (Å²) in [5, 5.41) is 9.04. The van der Waals surface area contributed by atoms with Crippen molar-refractivity contribution in [2.24, 2.45) is 11.1 Å². The standard InChI is InChI=1S/C14H28N2O2/c15-11-14(5-9-18-10-6-14)12-16(7-2-8-17)13-3-1-4-13/h13,17H,1-12,15H2. The Kier molecular flexibility index (Phi) is 5.42. The van der Waals surface area contributed by atoms with E-state index in [1.165, 1.54) is 19.3 Å². The smallest absolute Gasteiger partial charge is 0.0472 e. The third kappa shape index (κ3) is 3.44. The Morgan fingerprint density at radius 3 is 2.50 bits per heavy atom. The van der Waals surface area contributed by atoms with Gasteiger partial charge in [-0.3, -0.25) is 4.90 Å². The topological polar surface area (TPSA) is 58.7 Å². The molecule has 0 amide bonds. The lowest BCUT2D eigenvalue weighted by atomic mass is 9.78. The normalized spacial score (nSPS) is 24.2. The lowest BCUT2D eigenvalue weighted by molar-refractivity contribution is -0.0170. The number of hydrogen-bond acceptors (Lipinski definition) is 4. The second-order valence-electron chi connectivity index (χ2n) is 5.95. The molecule has 4 heteroatoms. The summed E-state index contributed by atoms with van der Waals surface area (Å²) < 4.78 is 5.48. The van der Waals surface area contributed by atoms with Crippen molar-refractivity contribution in [2.75, 3.05) is 39.5 Å². The monoisotopic (exact) mass is 256 g/mol. The summed E-state index contributed by atoms with van der Waals surface area (Å²) in [6.07, 6.45) is 7.07. The van der Waals surface area contributed by atoms with Gasteiger partial charge in [0.15, 0.2) is 0 Å². The number of nitrogens with zero attached hydrogens (tertiary/aromatic N) is 1. The van der Waals surface area contributed by atoms with Crippen molar-refractivity contribution in [3.05, 3.63) is 0 Å². The van der Waals surface area contributed by atoms with E-state index in [4.69, 9.17) is 15.6 Å². The highest BCUT2D eigenvalue weighted by molar-refractivity contribution is 4.90. The van der Waals surface area contributed by atoms with Gasteiger partial charge < -0.3 is 15.6 Å². The highest BCUT2D eigenvalue weighted by Crippen LogP contribution is 2.34. The van der Waals surface area contributed by atoms with Crippen LogP contribution >= 0.6 is 0 Å². The number of aliphatic hydroxyl groups excluding tert-OH is 1. The number of hydrogen-bond donors (Lipinski definition) is 2. The van der Waals surface area contributed by atoms with Gasteiger partial charge in [0, 0.05) is 39.0 Å². The van der Waals surface area contributed by atoms with Gasteiger partial charge in [-0.2, -0.15) is 0 Å². The van der Waals surface area contributed by atoms with E-state index in [9.17, 15) is 0 Å². The van der Waals surface area contributed by atoms with Gasteiger partial charge in [0.05, 0.1) is 0 Å². The molecule has 18 heavy (non-hydrogen) atoms. The Morgan fingerprint density at radius 2 is 2.00 bits per heavy atom. The van der Waals surface area contributed by atoms with E-state index < -0.39 is 0 Å². The highest BCUT2D eigenvalue weighted by atomic mass is 16.5. The van der Waals surface area contributed by atoms with E-state index in [0.717, 1.165) is 58.2 Å². The van der Waals surface area contributed by atoms with E-state index in [-0.39, 0.29) is 5.41 Å². The zero-order valence-electron chi connectivity index (χ0n) is 11.4. The minimum Gasteiger partial charge on any atom is -0.396 e. The predicted molar refractivity (Wildman–Crippen MR) is 72.5 cm³/mol. The van der Waals surface area contributed by atoms with Crippen molar-refractivity contribution >= 4 is 0 Å². The molecular weight excluding hydrogens is 228 g/mol. The molecule has 0 radical (unpaired) electrons. The molecule has 0 unspecified atom stereocenters. The first-order chi connectivity index (χ1) is 8.79. The van der Waals surface area contributed by atoms with Crippen molar-refractivity contribution in [1.29, 1.82) is 0 Å². The Labute approximate surface area is 110 Å². The molecule has 106 valence electrons. The molecule has 0 aromatic carbocycles. The molecule has 2 aliphatic rings. The van der Waals surface area contributed by atoms with Crippen LogP contribution in [-0.2, 0) is 4.74 Å². The molecule has 3 N–H and O–H groups in total. The minimum atomic E-state index is 0.253. The molecule has 2 rings (SSSR count). The van der Waals surface area contributed by atoms with Crippen LogP contribution in [-0.4, -0.2) is 55.5 Å². The number of aliphatic hydroxyl groups is 1. The summed E-state index contributed by atoms with van der Waals surface area (Å²) in [6, 6.07) is 0.739. The Hall–Kier alpha value is -0.160. The van der Waals surface area contributed by atoms with Crippen molar-refractivity contribution in [1.82, 2.24) is 4.90 Å².